The molecule has 28 heavy (non-hydrogen) atoms. The molecule has 9 heteroatoms. The van der Waals surface area contributed by atoms with Crippen molar-refractivity contribution in [3.63, 3.8) is 0 Å². The van der Waals surface area contributed by atoms with E-state index in [-0.39, 0.29) is 18.6 Å². The summed E-state index contributed by atoms with van der Waals surface area (Å²) in [6.45, 7) is 0.637. The van der Waals surface area contributed by atoms with Crippen molar-refractivity contribution in [2.45, 2.75) is 32.0 Å². The van der Waals surface area contributed by atoms with Crippen LogP contribution in [0.1, 0.15) is 16.7 Å². The summed E-state index contributed by atoms with van der Waals surface area (Å²) in [7, 11) is 1.75. The van der Waals surface area contributed by atoms with Gasteiger partial charge < -0.3 is 14.7 Å². The van der Waals surface area contributed by atoms with E-state index < -0.39 is 12.1 Å². The third kappa shape index (κ3) is 4.58. The Balaban J connectivity index is 1.67. The SMILES string of the molecule is BNc1ccn(CCc2ccc3c(c2)CCN(C(=O)C(F)(F)F)CC3)c(=O)c1. The minimum Gasteiger partial charge on any atom is -0.434 e. The van der Waals surface area contributed by atoms with Gasteiger partial charge in [0.15, 0.2) is 0 Å². The summed E-state index contributed by atoms with van der Waals surface area (Å²) < 4.78 is 39.7. The molecule has 148 valence electrons. The molecule has 0 fully saturated rings. The maximum atomic E-state index is 12.7. The van der Waals surface area contributed by atoms with Crippen LogP contribution in [0, 0.1) is 0 Å². The summed E-state index contributed by atoms with van der Waals surface area (Å²) in [5.74, 6) is -1.77. The number of carbonyl (C=O) groups excluding carboxylic acids is 1. The van der Waals surface area contributed by atoms with Crippen molar-refractivity contribution in [3.8, 4) is 0 Å². The number of fused-ring (bicyclic) bond motifs is 1. The van der Waals surface area contributed by atoms with Crippen molar-refractivity contribution in [1.82, 2.24) is 9.47 Å². The number of nitrogens with zero attached hydrogens (tertiary/aromatic N) is 2. The van der Waals surface area contributed by atoms with Crippen LogP contribution in [0.15, 0.2) is 41.3 Å². The van der Waals surface area contributed by atoms with Crippen molar-refractivity contribution in [2.24, 2.45) is 0 Å². The Hall–Kier alpha value is -2.71. The van der Waals surface area contributed by atoms with Gasteiger partial charge in [-0.15, -0.1) is 0 Å². The molecule has 1 N–H and O–H groups in total. The third-order valence-corrected chi connectivity index (χ3v) is 5.03. The molecule has 0 saturated heterocycles. The number of pyridine rings is 1. The quantitative estimate of drug-likeness (QED) is 0.805. The zero-order chi connectivity index (χ0) is 20.3. The van der Waals surface area contributed by atoms with Crippen molar-refractivity contribution in [1.29, 1.82) is 0 Å². The standard InChI is InChI=1S/C19H21BF3N3O2/c20-24-16-6-10-25(17(27)12-16)7-3-13-1-2-14-4-8-26(9-5-15(14)11-13)18(28)19(21,22)23/h1-2,6,10-12,24H,3-5,7-9,20H2. The number of carbonyl (C=O) groups is 1. The van der Waals surface area contributed by atoms with E-state index in [9.17, 15) is 22.8 Å². The average Bonchev–Trinajstić information content (AvgIpc) is 2.87. The number of aryl methyl sites for hydroxylation is 2. The zero-order valence-corrected chi connectivity index (χ0v) is 15.6. The highest BCUT2D eigenvalue weighted by atomic mass is 19.4. The molecule has 0 aliphatic carbocycles. The number of aromatic nitrogens is 1. The lowest BCUT2D eigenvalue weighted by Gasteiger charge is -2.21. The summed E-state index contributed by atoms with van der Waals surface area (Å²) in [6, 6.07) is 9.18. The maximum Gasteiger partial charge on any atom is 0.471 e. The number of nitrogens with one attached hydrogen (secondary N) is 1. The first kappa shape index (κ1) is 20.0. The molecule has 1 aromatic carbocycles. The van der Waals surface area contributed by atoms with Crippen LogP contribution in [0.2, 0.25) is 0 Å². The molecular weight excluding hydrogens is 370 g/mol. The number of anilines is 1. The van der Waals surface area contributed by atoms with Gasteiger partial charge in [-0.25, -0.2) is 0 Å². The molecule has 1 aliphatic rings. The molecule has 0 radical (unpaired) electrons. The van der Waals surface area contributed by atoms with Gasteiger partial charge in [0.2, 0.25) is 7.98 Å². The van der Waals surface area contributed by atoms with Crippen molar-refractivity contribution >= 4 is 19.6 Å². The van der Waals surface area contributed by atoms with E-state index >= 15 is 0 Å². The summed E-state index contributed by atoms with van der Waals surface area (Å²) >= 11 is 0. The molecular formula is C19H21BF3N3O2. The van der Waals surface area contributed by atoms with E-state index in [1.807, 2.05) is 24.3 Å². The molecule has 1 amide bonds. The third-order valence-electron chi connectivity index (χ3n) is 5.03. The molecule has 0 atom stereocenters. The van der Waals surface area contributed by atoms with Gasteiger partial charge in [-0.05, 0) is 42.0 Å². The van der Waals surface area contributed by atoms with Gasteiger partial charge in [0, 0.05) is 37.6 Å². The molecule has 2 heterocycles. The number of rotatable bonds is 4. The van der Waals surface area contributed by atoms with Crippen LogP contribution in [0.3, 0.4) is 0 Å². The minimum atomic E-state index is -4.84. The zero-order valence-electron chi connectivity index (χ0n) is 15.6. The van der Waals surface area contributed by atoms with Gasteiger partial charge in [0.05, 0.1) is 0 Å². The molecule has 0 unspecified atom stereocenters. The number of hydrogen-bond acceptors (Lipinski definition) is 3. The second-order valence-electron chi connectivity index (χ2n) is 6.84. The highest BCUT2D eigenvalue weighted by molar-refractivity contribution is 6.15. The minimum absolute atomic E-state index is 0.0553. The van der Waals surface area contributed by atoms with E-state index in [1.165, 1.54) is 6.07 Å². The van der Waals surface area contributed by atoms with E-state index in [0.29, 0.717) is 25.8 Å². The fraction of sp³-hybridized carbons (Fsp3) is 0.368. The van der Waals surface area contributed by atoms with Gasteiger partial charge in [0.25, 0.3) is 5.56 Å². The topological polar surface area (TPSA) is 54.3 Å². The predicted octanol–water partition coefficient (Wildman–Crippen LogP) is 1.54. The summed E-state index contributed by atoms with van der Waals surface area (Å²) in [6.07, 6.45) is -1.67. The molecule has 0 spiro atoms. The number of amides is 1. The fourth-order valence-electron chi connectivity index (χ4n) is 3.41. The molecule has 5 nitrogen and oxygen atoms in total. The second-order valence-corrected chi connectivity index (χ2v) is 6.84. The van der Waals surface area contributed by atoms with Crippen LogP contribution in [0.5, 0.6) is 0 Å². The van der Waals surface area contributed by atoms with Gasteiger partial charge in [-0.2, -0.15) is 13.2 Å². The first-order valence-electron chi connectivity index (χ1n) is 9.13. The van der Waals surface area contributed by atoms with Crippen LogP contribution in [-0.2, 0) is 30.6 Å². The molecule has 0 bridgehead atoms. The molecule has 1 aromatic heterocycles. The monoisotopic (exact) mass is 391 g/mol. The first-order valence-corrected chi connectivity index (χ1v) is 9.13. The highest BCUT2D eigenvalue weighted by Crippen LogP contribution is 2.23. The number of alkyl halides is 3. The fourth-order valence-corrected chi connectivity index (χ4v) is 3.41. The largest absolute Gasteiger partial charge is 0.471 e. The van der Waals surface area contributed by atoms with Crippen LogP contribution < -0.4 is 10.8 Å². The van der Waals surface area contributed by atoms with E-state index in [0.717, 1.165) is 27.3 Å². The summed E-state index contributed by atoms with van der Waals surface area (Å²) in [4.78, 5) is 24.4. The lowest BCUT2D eigenvalue weighted by atomic mass is 9.99. The van der Waals surface area contributed by atoms with Gasteiger partial charge >= 0.3 is 12.1 Å². The Morgan fingerprint density at radius 2 is 1.82 bits per heavy atom. The van der Waals surface area contributed by atoms with E-state index in [2.05, 4.69) is 5.23 Å². The molecule has 1 aliphatic heterocycles. The lowest BCUT2D eigenvalue weighted by molar-refractivity contribution is -0.185. The number of hydrogen-bond donors (Lipinski definition) is 1. The van der Waals surface area contributed by atoms with E-state index in [4.69, 9.17) is 0 Å². The number of halogens is 3. The molecule has 2 aromatic rings. The van der Waals surface area contributed by atoms with Crippen molar-refractivity contribution in [3.05, 3.63) is 63.6 Å². The number of benzene rings is 1. The Kier molecular flexibility index (Phi) is 5.81. The van der Waals surface area contributed by atoms with Crippen LogP contribution in [0.4, 0.5) is 18.9 Å². The van der Waals surface area contributed by atoms with Crippen molar-refractivity contribution in [2.75, 3.05) is 18.3 Å². The van der Waals surface area contributed by atoms with E-state index in [1.54, 1.807) is 18.7 Å². The predicted molar refractivity (Wildman–Crippen MR) is 103 cm³/mol. The van der Waals surface area contributed by atoms with Crippen LogP contribution in [-0.4, -0.2) is 42.6 Å². The highest BCUT2D eigenvalue weighted by Gasteiger charge is 2.42. The molecule has 3 rings (SSSR count). The average molecular weight is 391 g/mol. The Bertz CT molecular complexity index is 927. The van der Waals surface area contributed by atoms with Gasteiger partial charge in [-0.1, -0.05) is 18.2 Å². The Labute approximate surface area is 161 Å². The van der Waals surface area contributed by atoms with Crippen LogP contribution in [0.25, 0.3) is 0 Å². The van der Waals surface area contributed by atoms with Crippen LogP contribution >= 0.6 is 0 Å². The Morgan fingerprint density at radius 1 is 1.11 bits per heavy atom. The summed E-state index contributed by atoms with van der Waals surface area (Å²) in [5.41, 5.74) is 3.61. The van der Waals surface area contributed by atoms with Crippen molar-refractivity contribution < 1.29 is 18.0 Å². The second kappa shape index (κ2) is 8.12. The smallest absolute Gasteiger partial charge is 0.434 e. The lowest BCUT2D eigenvalue weighted by Crippen LogP contribution is -2.42. The first-order chi connectivity index (χ1) is 13.3. The van der Waals surface area contributed by atoms with Gasteiger partial charge in [0.1, 0.15) is 0 Å². The molecule has 0 saturated carbocycles. The van der Waals surface area contributed by atoms with Gasteiger partial charge in [-0.3, -0.25) is 9.59 Å². The normalized spacial score (nSPS) is 14.3. The Morgan fingerprint density at radius 3 is 2.46 bits per heavy atom. The summed E-state index contributed by atoms with van der Waals surface area (Å²) in [5, 5.41) is 2.92. The maximum absolute atomic E-state index is 12.7.